The van der Waals surface area contributed by atoms with E-state index < -0.39 is 10.8 Å². The van der Waals surface area contributed by atoms with Crippen LogP contribution in [0.4, 0.5) is 11.5 Å². The summed E-state index contributed by atoms with van der Waals surface area (Å²) in [6.45, 7) is 1.70. The van der Waals surface area contributed by atoms with Crippen molar-refractivity contribution in [2.45, 2.75) is 6.92 Å². The first kappa shape index (κ1) is 13.5. The molecule has 0 unspecified atom stereocenters. The topological polar surface area (TPSA) is 98.3 Å². The number of nitrogens with one attached hydrogen (secondary N) is 1. The molecule has 0 atom stereocenters. The molecule has 0 aliphatic heterocycles. The molecule has 20 heavy (non-hydrogen) atoms. The summed E-state index contributed by atoms with van der Waals surface area (Å²) in [5.74, 6) is 0.416. The van der Waals surface area contributed by atoms with Crippen LogP contribution in [0.3, 0.4) is 0 Å². The Balaban J connectivity index is 2.09. The summed E-state index contributed by atoms with van der Waals surface area (Å²) in [4.78, 5) is 21.9. The Labute approximate surface area is 114 Å². The first-order valence-corrected chi connectivity index (χ1v) is 5.72. The van der Waals surface area contributed by atoms with E-state index in [4.69, 9.17) is 4.52 Å². The van der Waals surface area contributed by atoms with Crippen molar-refractivity contribution in [1.29, 1.82) is 0 Å². The molecule has 0 bridgehead atoms. The predicted molar refractivity (Wildman–Crippen MR) is 72.0 cm³/mol. The zero-order valence-corrected chi connectivity index (χ0v) is 10.6. The normalized spacial score (nSPS) is 10.7. The monoisotopic (exact) mass is 273 g/mol. The number of carbonyl (C=O) groups excluding carboxylic acids is 1. The number of anilines is 1. The molecule has 0 aliphatic rings. The minimum atomic E-state index is -0.501. The van der Waals surface area contributed by atoms with E-state index in [1.165, 1.54) is 18.2 Å². The molecule has 2 rings (SSSR count). The molecule has 7 heteroatoms. The summed E-state index contributed by atoms with van der Waals surface area (Å²) in [6.07, 6.45) is 2.58. The van der Waals surface area contributed by atoms with Crippen LogP contribution < -0.4 is 5.32 Å². The second-order valence-corrected chi connectivity index (χ2v) is 3.96. The van der Waals surface area contributed by atoms with Crippen molar-refractivity contribution in [1.82, 2.24) is 5.16 Å². The number of para-hydroxylation sites is 1. The Morgan fingerprint density at radius 1 is 1.45 bits per heavy atom. The van der Waals surface area contributed by atoms with Crippen LogP contribution in [-0.2, 0) is 4.79 Å². The number of nitro benzene ring substituents is 1. The lowest BCUT2D eigenvalue weighted by atomic mass is 10.1. The van der Waals surface area contributed by atoms with Crippen molar-refractivity contribution in [3.8, 4) is 0 Å². The highest BCUT2D eigenvalue weighted by atomic mass is 16.6. The van der Waals surface area contributed by atoms with Gasteiger partial charge in [-0.1, -0.05) is 17.3 Å². The Kier molecular flexibility index (Phi) is 3.90. The number of benzene rings is 1. The highest BCUT2D eigenvalue weighted by Crippen LogP contribution is 2.19. The Hall–Kier alpha value is -2.96. The molecular formula is C13H11N3O4. The Bertz CT molecular complexity index is 676. The quantitative estimate of drug-likeness (QED) is 0.524. The van der Waals surface area contributed by atoms with Crippen molar-refractivity contribution in [3.05, 3.63) is 57.8 Å². The summed E-state index contributed by atoms with van der Waals surface area (Å²) >= 11 is 0. The number of nitrogens with zero attached hydrogens (tertiary/aromatic N) is 2. The van der Waals surface area contributed by atoms with Crippen LogP contribution in [0.5, 0.6) is 0 Å². The van der Waals surface area contributed by atoms with Gasteiger partial charge in [-0.15, -0.1) is 0 Å². The van der Waals surface area contributed by atoms with E-state index >= 15 is 0 Å². The number of hydrogen-bond donors (Lipinski definition) is 1. The molecule has 1 N–H and O–H groups in total. The minimum Gasteiger partial charge on any atom is -0.360 e. The van der Waals surface area contributed by atoms with Crippen molar-refractivity contribution in [3.63, 3.8) is 0 Å². The highest BCUT2D eigenvalue weighted by molar-refractivity contribution is 6.01. The maximum Gasteiger partial charge on any atom is 0.276 e. The van der Waals surface area contributed by atoms with Gasteiger partial charge in [0.1, 0.15) is 5.76 Å². The zero-order valence-electron chi connectivity index (χ0n) is 10.6. The fourth-order valence-corrected chi connectivity index (χ4v) is 1.55. The molecule has 0 fully saturated rings. The van der Waals surface area contributed by atoms with E-state index in [2.05, 4.69) is 10.5 Å². The van der Waals surface area contributed by atoms with Crippen molar-refractivity contribution < 1.29 is 14.2 Å². The average Bonchev–Trinajstić information content (AvgIpc) is 2.82. The smallest absolute Gasteiger partial charge is 0.276 e. The Morgan fingerprint density at radius 3 is 2.85 bits per heavy atom. The van der Waals surface area contributed by atoms with Gasteiger partial charge in [0.2, 0.25) is 5.91 Å². The third-order valence-electron chi connectivity index (χ3n) is 2.43. The van der Waals surface area contributed by atoms with E-state index in [1.807, 2.05) is 0 Å². The summed E-state index contributed by atoms with van der Waals surface area (Å²) in [7, 11) is 0. The average molecular weight is 273 g/mol. The number of aryl methyl sites for hydroxylation is 1. The molecule has 0 spiro atoms. The molecule has 0 aliphatic carbocycles. The molecule has 2 aromatic rings. The zero-order chi connectivity index (χ0) is 14.5. The molecular weight excluding hydrogens is 262 g/mol. The van der Waals surface area contributed by atoms with Crippen LogP contribution in [0.15, 0.2) is 40.9 Å². The summed E-state index contributed by atoms with van der Waals surface area (Å²) in [6, 6.07) is 7.72. The van der Waals surface area contributed by atoms with Gasteiger partial charge in [0, 0.05) is 18.2 Å². The SMILES string of the molecule is Cc1cc(NC(=O)C=Cc2ccccc2[N+](=O)[O-])no1. The molecule has 7 nitrogen and oxygen atoms in total. The van der Waals surface area contributed by atoms with Gasteiger partial charge in [-0.05, 0) is 19.1 Å². The van der Waals surface area contributed by atoms with Crippen LogP contribution in [0.25, 0.3) is 6.08 Å². The first-order chi connectivity index (χ1) is 9.56. The van der Waals surface area contributed by atoms with Gasteiger partial charge in [0.25, 0.3) is 5.69 Å². The largest absolute Gasteiger partial charge is 0.360 e. The van der Waals surface area contributed by atoms with E-state index in [1.54, 1.807) is 31.2 Å². The van der Waals surface area contributed by atoms with Crippen molar-refractivity contribution in [2.24, 2.45) is 0 Å². The van der Waals surface area contributed by atoms with E-state index in [0.717, 1.165) is 0 Å². The van der Waals surface area contributed by atoms with E-state index in [0.29, 0.717) is 17.1 Å². The van der Waals surface area contributed by atoms with Crippen LogP contribution in [0.2, 0.25) is 0 Å². The lowest BCUT2D eigenvalue weighted by Gasteiger charge is -1.97. The predicted octanol–water partition coefficient (Wildman–Crippen LogP) is 2.54. The maximum absolute atomic E-state index is 11.6. The summed E-state index contributed by atoms with van der Waals surface area (Å²) in [5.41, 5.74) is 0.290. The summed E-state index contributed by atoms with van der Waals surface area (Å²) < 4.78 is 4.80. The van der Waals surface area contributed by atoms with Gasteiger partial charge in [0.05, 0.1) is 10.5 Å². The number of nitro groups is 1. The van der Waals surface area contributed by atoms with Crippen molar-refractivity contribution >= 4 is 23.5 Å². The van der Waals surface area contributed by atoms with Crippen LogP contribution in [0.1, 0.15) is 11.3 Å². The second-order valence-electron chi connectivity index (χ2n) is 3.96. The standard InChI is InChI=1S/C13H11N3O4/c1-9-8-12(15-20-9)14-13(17)7-6-10-4-2-3-5-11(10)16(18)19/h2-8H,1H3,(H,14,15,17). The van der Waals surface area contributed by atoms with Crippen LogP contribution in [-0.4, -0.2) is 16.0 Å². The molecule has 102 valence electrons. The number of aromatic nitrogens is 1. The minimum absolute atomic E-state index is 0.0613. The number of carbonyl (C=O) groups is 1. The molecule has 1 heterocycles. The van der Waals surface area contributed by atoms with Gasteiger partial charge in [-0.2, -0.15) is 0 Å². The fraction of sp³-hybridized carbons (Fsp3) is 0.0769. The van der Waals surface area contributed by atoms with Gasteiger partial charge < -0.3 is 9.84 Å². The number of amides is 1. The van der Waals surface area contributed by atoms with E-state index in [9.17, 15) is 14.9 Å². The molecule has 1 amide bonds. The Morgan fingerprint density at radius 2 is 2.20 bits per heavy atom. The van der Waals surface area contributed by atoms with Gasteiger partial charge in [-0.25, -0.2) is 0 Å². The molecule has 1 aromatic carbocycles. The van der Waals surface area contributed by atoms with Crippen LogP contribution >= 0.6 is 0 Å². The molecule has 0 radical (unpaired) electrons. The maximum atomic E-state index is 11.6. The number of rotatable bonds is 4. The lowest BCUT2D eigenvalue weighted by Crippen LogP contribution is -2.07. The lowest BCUT2D eigenvalue weighted by molar-refractivity contribution is -0.385. The highest BCUT2D eigenvalue weighted by Gasteiger charge is 2.10. The van der Waals surface area contributed by atoms with Crippen molar-refractivity contribution in [2.75, 3.05) is 5.32 Å². The molecule has 0 saturated heterocycles. The van der Waals surface area contributed by atoms with Gasteiger partial charge >= 0.3 is 0 Å². The first-order valence-electron chi connectivity index (χ1n) is 5.72. The van der Waals surface area contributed by atoms with Crippen LogP contribution in [0, 0.1) is 17.0 Å². The number of hydrogen-bond acceptors (Lipinski definition) is 5. The van der Waals surface area contributed by atoms with Gasteiger partial charge in [-0.3, -0.25) is 14.9 Å². The second kappa shape index (κ2) is 5.79. The third kappa shape index (κ3) is 3.29. The summed E-state index contributed by atoms with van der Waals surface area (Å²) in [5, 5.41) is 16.9. The van der Waals surface area contributed by atoms with Gasteiger partial charge in [0.15, 0.2) is 5.82 Å². The fourth-order valence-electron chi connectivity index (χ4n) is 1.55. The molecule has 0 saturated carbocycles. The third-order valence-corrected chi connectivity index (χ3v) is 2.43. The molecule has 1 aromatic heterocycles. The van der Waals surface area contributed by atoms with E-state index in [-0.39, 0.29) is 5.69 Å².